The fourth-order valence-corrected chi connectivity index (χ4v) is 9.13. The topological polar surface area (TPSA) is 289 Å². The maximum absolute atomic E-state index is 13.6. The quantitative estimate of drug-likeness (QED) is 0.171. The molecule has 2 bridgehead atoms. The van der Waals surface area contributed by atoms with Gasteiger partial charge in [0.05, 0.1) is 31.9 Å². The minimum absolute atomic E-state index is 0.0303. The highest BCUT2D eigenvalue weighted by Crippen LogP contribution is 2.60. The zero-order chi connectivity index (χ0) is 33.0. The number of anilines is 2. The molecular weight excluding hydrogens is 666 g/mol. The van der Waals surface area contributed by atoms with Crippen molar-refractivity contribution in [1.82, 2.24) is 39.0 Å². The van der Waals surface area contributed by atoms with Gasteiger partial charge in [0.1, 0.15) is 36.8 Å². The number of imidazole rings is 2. The van der Waals surface area contributed by atoms with Crippen molar-refractivity contribution in [2.75, 3.05) is 31.3 Å². The Hall–Kier alpha value is -3.49. The highest BCUT2D eigenvalue weighted by molar-refractivity contribution is 7.47. The number of ether oxygens (including phenoxy) is 2. The van der Waals surface area contributed by atoms with Crippen LogP contribution in [-0.2, 0) is 36.7 Å². The number of aromatic nitrogens is 8. The van der Waals surface area contributed by atoms with Crippen LogP contribution in [0.4, 0.5) is 11.8 Å². The van der Waals surface area contributed by atoms with Crippen molar-refractivity contribution in [3.05, 3.63) is 29.3 Å². The van der Waals surface area contributed by atoms with E-state index in [1.54, 1.807) is 18.4 Å². The molecule has 21 nitrogen and oxygen atoms in total. The molecule has 47 heavy (non-hydrogen) atoms. The predicted octanol–water partition coefficient (Wildman–Crippen LogP) is -0.0767. The van der Waals surface area contributed by atoms with Crippen LogP contribution in [0.15, 0.2) is 23.8 Å². The maximum atomic E-state index is 13.6. The lowest BCUT2D eigenvalue weighted by atomic mass is 9.79. The summed E-state index contributed by atoms with van der Waals surface area (Å²) >= 11 is 0. The van der Waals surface area contributed by atoms with Crippen LogP contribution in [0.25, 0.3) is 22.3 Å². The number of phosphoric ester groups is 1. The molecular formula is C24H29N10O11P2+. The molecule has 8 rings (SSSR count). The summed E-state index contributed by atoms with van der Waals surface area (Å²) in [7, 11) is -7.82. The molecule has 4 aromatic heterocycles. The molecule has 1 saturated carbocycles. The summed E-state index contributed by atoms with van der Waals surface area (Å²) in [5.74, 6) is -0.578. The van der Waals surface area contributed by atoms with E-state index in [0.29, 0.717) is 11.2 Å². The molecule has 4 aromatic rings. The first kappa shape index (κ1) is 30.8. The third-order valence-corrected chi connectivity index (χ3v) is 11.4. The second-order valence-corrected chi connectivity index (χ2v) is 14.6. The second-order valence-electron chi connectivity index (χ2n) is 12.3. The highest BCUT2D eigenvalue weighted by atomic mass is 31.2. The van der Waals surface area contributed by atoms with Gasteiger partial charge in [-0.15, -0.1) is 9.05 Å². The van der Waals surface area contributed by atoms with E-state index in [1.165, 1.54) is 23.5 Å². The summed E-state index contributed by atoms with van der Waals surface area (Å²) < 4.78 is 65.1. The lowest BCUT2D eigenvalue weighted by Gasteiger charge is -2.34. The number of phosphoric acid groups is 1. The molecule has 2 unspecified atom stereocenters. The Labute approximate surface area is 264 Å². The van der Waals surface area contributed by atoms with E-state index >= 15 is 0 Å². The van der Waals surface area contributed by atoms with Crippen LogP contribution in [0.5, 0.6) is 0 Å². The second kappa shape index (κ2) is 10.5. The Morgan fingerprint density at radius 2 is 1.85 bits per heavy atom. The smallest absolute Gasteiger partial charge is 0.388 e. The Bertz CT molecular complexity index is 2040. The molecule has 3 aliphatic heterocycles. The van der Waals surface area contributed by atoms with E-state index in [-0.39, 0.29) is 29.5 Å². The van der Waals surface area contributed by atoms with Crippen LogP contribution in [-0.4, -0.2) is 98.9 Å². The number of H-pyrrole nitrogens is 1. The van der Waals surface area contributed by atoms with Crippen molar-refractivity contribution in [3.8, 4) is 0 Å². The summed E-state index contributed by atoms with van der Waals surface area (Å²) in [6.45, 7) is 2.30. The average molecular weight is 696 g/mol. The van der Waals surface area contributed by atoms with Crippen molar-refractivity contribution in [3.63, 3.8) is 0 Å². The van der Waals surface area contributed by atoms with E-state index in [1.807, 2.05) is 0 Å². The van der Waals surface area contributed by atoms with Crippen molar-refractivity contribution in [1.29, 1.82) is 0 Å². The Balaban J connectivity index is 1.12. The molecule has 4 aliphatic rings. The van der Waals surface area contributed by atoms with Crippen molar-refractivity contribution in [2.45, 2.75) is 56.1 Å². The van der Waals surface area contributed by atoms with Gasteiger partial charge >= 0.3 is 16.1 Å². The summed E-state index contributed by atoms with van der Waals surface area (Å²) in [6.07, 6.45) is -1.99. The Kier molecular flexibility index (Phi) is 6.89. The minimum Gasteiger partial charge on any atom is -0.388 e. The van der Waals surface area contributed by atoms with E-state index in [0.717, 1.165) is 0 Å². The zero-order valence-electron chi connectivity index (χ0n) is 24.6. The number of nitrogens with one attached hydrogen (secondary N) is 1. The molecule has 7 N–H and O–H groups in total. The van der Waals surface area contributed by atoms with Crippen LogP contribution < -0.4 is 17.0 Å². The van der Waals surface area contributed by atoms with Gasteiger partial charge in [0.2, 0.25) is 5.95 Å². The van der Waals surface area contributed by atoms with Crippen LogP contribution in [0.3, 0.4) is 0 Å². The monoisotopic (exact) mass is 695 g/mol. The van der Waals surface area contributed by atoms with Gasteiger partial charge in [-0.05, 0) is 5.92 Å². The number of fused-ring (bicyclic) bond motifs is 3. The van der Waals surface area contributed by atoms with Gasteiger partial charge in [-0.2, -0.15) is 4.98 Å². The fraction of sp³-hybridized carbons (Fsp3) is 0.583. The number of nitrogen functional groups attached to an aromatic ring is 2. The molecule has 23 heteroatoms. The summed E-state index contributed by atoms with van der Waals surface area (Å²) in [6, 6.07) is -0.771. The SMILES string of the molecule is C[C@@H]1[C@@H](n2cnc3c(N)ncnc32)[C@H](O)[C@@H]2O[P+](=O)OC[C@@]34CO[C@@H]([C@H](n5cnc6c(=O)[nH]c(N)nc65)O3)[C@@H]4OP(=O)(O)OC[C@@]12C. The van der Waals surface area contributed by atoms with Gasteiger partial charge in [0.15, 0.2) is 40.6 Å². The van der Waals surface area contributed by atoms with Gasteiger partial charge in [-0.3, -0.25) is 23.4 Å². The number of aromatic amines is 1. The lowest BCUT2D eigenvalue weighted by Crippen LogP contribution is -2.46. The number of nitrogens with two attached hydrogens (primary N) is 2. The fourth-order valence-electron chi connectivity index (χ4n) is 7.09. The molecule has 0 aromatic carbocycles. The summed E-state index contributed by atoms with van der Waals surface area (Å²) in [4.78, 5) is 46.5. The molecule has 0 radical (unpaired) electrons. The minimum atomic E-state index is -4.89. The zero-order valence-corrected chi connectivity index (χ0v) is 26.4. The van der Waals surface area contributed by atoms with Crippen LogP contribution in [0, 0.1) is 11.3 Å². The molecule has 3 saturated heterocycles. The van der Waals surface area contributed by atoms with Gasteiger partial charge in [-0.25, -0.2) is 24.5 Å². The number of aliphatic hydroxyl groups excluding tert-OH is 1. The molecule has 7 heterocycles. The Morgan fingerprint density at radius 1 is 1.09 bits per heavy atom. The molecule has 0 amide bonds. The van der Waals surface area contributed by atoms with Crippen molar-refractivity contribution < 1.29 is 46.7 Å². The number of nitrogens with zero attached hydrogens (tertiary/aromatic N) is 7. The number of hydrogen-bond donors (Lipinski definition) is 5. The third kappa shape index (κ3) is 4.57. The summed E-state index contributed by atoms with van der Waals surface area (Å²) in [5, 5.41) is 11.6. The maximum Gasteiger partial charge on any atom is 0.697 e. The molecule has 1 aliphatic carbocycles. The number of hydrogen-bond acceptors (Lipinski definition) is 17. The van der Waals surface area contributed by atoms with E-state index in [9.17, 15) is 23.9 Å². The molecule has 250 valence electrons. The lowest BCUT2D eigenvalue weighted by molar-refractivity contribution is -0.183. The number of aliphatic hydroxyl groups is 1. The van der Waals surface area contributed by atoms with Crippen molar-refractivity contribution >= 4 is 50.2 Å². The van der Waals surface area contributed by atoms with Crippen LogP contribution in [0.1, 0.15) is 26.1 Å². The highest BCUT2D eigenvalue weighted by Gasteiger charge is 2.68. The Morgan fingerprint density at radius 3 is 2.66 bits per heavy atom. The largest absolute Gasteiger partial charge is 0.697 e. The van der Waals surface area contributed by atoms with Gasteiger partial charge < -0.3 is 35.5 Å². The van der Waals surface area contributed by atoms with Crippen molar-refractivity contribution in [2.24, 2.45) is 11.3 Å². The van der Waals surface area contributed by atoms with Gasteiger partial charge in [0, 0.05) is 9.98 Å². The van der Waals surface area contributed by atoms with E-state index in [2.05, 4.69) is 29.9 Å². The first-order chi connectivity index (χ1) is 22.3. The normalized spacial score (nSPS) is 39.9. The first-order valence-corrected chi connectivity index (χ1v) is 17.0. The van der Waals surface area contributed by atoms with Crippen LogP contribution >= 0.6 is 16.1 Å². The molecule has 11 atom stereocenters. The van der Waals surface area contributed by atoms with Gasteiger partial charge in [0.25, 0.3) is 5.56 Å². The molecule has 4 fully saturated rings. The van der Waals surface area contributed by atoms with Crippen LogP contribution in [0.2, 0.25) is 0 Å². The first-order valence-electron chi connectivity index (χ1n) is 14.4. The number of rotatable bonds is 2. The predicted molar refractivity (Wildman–Crippen MR) is 156 cm³/mol. The van der Waals surface area contributed by atoms with Gasteiger partial charge in [-0.1, -0.05) is 13.8 Å². The summed E-state index contributed by atoms with van der Waals surface area (Å²) in [5.41, 5.74) is 9.00. The van der Waals surface area contributed by atoms with E-state index in [4.69, 9.17) is 39.0 Å². The standard InChI is InChI=1S/C24H28N10O11P2/c1-9-12(33-7-29-10-17(25)27-6-28-18(10)33)13(35)15-23(9,2)3-42-47(38,39)45-16-14-21(43-24(16,4-40-14)5-41-46(37)44-15)34-8-30-11-19(34)31-22(26)32-20(11)36/h6-9,12-16,21,35H,3-5H2,1-2H3,(H5-,25,26,27,28,31,32,36,38,39)/p+1/t9-,12-,13+,14-,15+,16+,21-,23+,24-/m1/s1. The third-order valence-electron chi connectivity index (χ3n) is 9.67. The molecule has 0 spiro atoms. The average Bonchev–Trinajstić information content (AvgIpc) is 3.81. The van der Waals surface area contributed by atoms with E-state index < -0.39 is 88.5 Å².